The molecule has 1 heterocycles. The number of amides is 1. The van der Waals surface area contributed by atoms with Crippen LogP contribution in [-0.4, -0.2) is 61.2 Å². The Hall–Kier alpha value is -4.33. The van der Waals surface area contributed by atoms with E-state index >= 15 is 0 Å². The number of ether oxygens (including phenoxy) is 1. The van der Waals surface area contributed by atoms with E-state index in [4.69, 9.17) is 16.3 Å². The summed E-state index contributed by atoms with van der Waals surface area (Å²) in [5, 5.41) is 13.1. The average molecular weight is 570 g/mol. The van der Waals surface area contributed by atoms with E-state index in [1.54, 1.807) is 12.1 Å². The first-order chi connectivity index (χ1) is 19.9. The van der Waals surface area contributed by atoms with Crippen molar-refractivity contribution in [3.8, 4) is 22.6 Å². The molecule has 1 atom stereocenters. The molecule has 1 unspecified atom stereocenters. The summed E-state index contributed by atoms with van der Waals surface area (Å²) in [6.45, 7) is 3.29. The predicted octanol–water partition coefficient (Wildman–Crippen LogP) is 5.98. The number of anilines is 1. The Morgan fingerprint density at radius 1 is 0.902 bits per heavy atom. The van der Waals surface area contributed by atoms with E-state index in [9.17, 15) is 14.7 Å². The van der Waals surface area contributed by atoms with Gasteiger partial charge in [0.05, 0.1) is 5.56 Å². The Morgan fingerprint density at radius 2 is 1.59 bits per heavy atom. The van der Waals surface area contributed by atoms with Gasteiger partial charge in [0.25, 0.3) is 5.91 Å². The normalized spacial score (nSPS) is 14.3. The van der Waals surface area contributed by atoms with Crippen LogP contribution in [0.1, 0.15) is 15.9 Å². The van der Waals surface area contributed by atoms with Crippen molar-refractivity contribution >= 4 is 29.2 Å². The fraction of sp³-hybridized carbons (Fsp3) is 0.212. The van der Waals surface area contributed by atoms with Crippen molar-refractivity contribution in [2.45, 2.75) is 12.5 Å². The van der Waals surface area contributed by atoms with E-state index < -0.39 is 17.9 Å². The first-order valence-corrected chi connectivity index (χ1v) is 13.9. The second kappa shape index (κ2) is 12.9. The summed E-state index contributed by atoms with van der Waals surface area (Å²) in [5.74, 6) is -0.100. The predicted molar refractivity (Wildman–Crippen MR) is 162 cm³/mol. The Kier molecular flexibility index (Phi) is 8.87. The third kappa shape index (κ3) is 7.06. The molecule has 1 amide bonds. The van der Waals surface area contributed by atoms with Crippen molar-refractivity contribution in [1.29, 1.82) is 0 Å². The van der Waals surface area contributed by atoms with Crippen LogP contribution in [-0.2, 0) is 11.2 Å². The van der Waals surface area contributed by atoms with Gasteiger partial charge in [0.2, 0.25) is 0 Å². The molecule has 2 N–H and O–H groups in total. The SMILES string of the molecule is CN1CCN(c2ccc(Cl)cc2C(=O)NC(Cc2ccc(-c3ccccc3Oc3ccccc3)cc2)C(=O)O)CC1. The zero-order chi connectivity index (χ0) is 28.8. The molecule has 4 aromatic rings. The first-order valence-electron chi connectivity index (χ1n) is 13.6. The highest BCUT2D eigenvalue weighted by atomic mass is 35.5. The largest absolute Gasteiger partial charge is 0.480 e. The average Bonchev–Trinajstić information content (AvgIpc) is 2.98. The van der Waals surface area contributed by atoms with Crippen LogP contribution in [0.25, 0.3) is 11.1 Å². The lowest BCUT2D eigenvalue weighted by atomic mass is 9.99. The summed E-state index contributed by atoms with van der Waals surface area (Å²) < 4.78 is 6.10. The fourth-order valence-corrected chi connectivity index (χ4v) is 5.09. The molecule has 0 bridgehead atoms. The van der Waals surface area contributed by atoms with Gasteiger partial charge in [-0.2, -0.15) is 0 Å². The van der Waals surface area contributed by atoms with E-state index in [0.717, 1.165) is 60.1 Å². The molecule has 1 saturated heterocycles. The van der Waals surface area contributed by atoms with Gasteiger partial charge >= 0.3 is 5.97 Å². The van der Waals surface area contributed by atoms with Crippen LogP contribution in [0.3, 0.4) is 0 Å². The van der Waals surface area contributed by atoms with Gasteiger partial charge in [-0.1, -0.05) is 72.3 Å². The molecular weight excluding hydrogens is 538 g/mol. The minimum absolute atomic E-state index is 0.133. The highest BCUT2D eigenvalue weighted by molar-refractivity contribution is 6.31. The molecule has 1 aliphatic rings. The monoisotopic (exact) mass is 569 g/mol. The molecule has 0 aliphatic carbocycles. The number of carboxylic acid groups (broad SMARTS) is 1. The number of piperazine rings is 1. The molecule has 0 radical (unpaired) electrons. The van der Waals surface area contributed by atoms with Gasteiger partial charge in [-0.15, -0.1) is 0 Å². The summed E-state index contributed by atoms with van der Waals surface area (Å²) in [4.78, 5) is 29.9. The van der Waals surface area contributed by atoms with Gasteiger partial charge in [0.1, 0.15) is 17.5 Å². The van der Waals surface area contributed by atoms with E-state index in [-0.39, 0.29) is 6.42 Å². The molecule has 4 aromatic carbocycles. The van der Waals surface area contributed by atoms with Crippen LogP contribution in [0.4, 0.5) is 5.69 Å². The standard InChI is InChI=1S/C33H32ClN3O4/c1-36-17-19-37(20-18-36)30-16-15-25(34)22-28(30)32(38)35-29(33(39)40)21-23-11-13-24(14-12-23)27-9-5-6-10-31(27)41-26-7-3-2-4-8-26/h2-16,22,29H,17-21H2,1H3,(H,35,38)(H,39,40). The number of hydrogen-bond acceptors (Lipinski definition) is 5. The zero-order valence-corrected chi connectivity index (χ0v) is 23.6. The van der Waals surface area contributed by atoms with Gasteiger partial charge < -0.3 is 25.0 Å². The van der Waals surface area contributed by atoms with Crippen LogP contribution in [0.2, 0.25) is 5.02 Å². The lowest BCUT2D eigenvalue weighted by molar-refractivity contribution is -0.139. The van der Waals surface area contributed by atoms with E-state index in [0.29, 0.717) is 10.6 Å². The van der Waals surface area contributed by atoms with Crippen molar-refractivity contribution in [1.82, 2.24) is 10.2 Å². The van der Waals surface area contributed by atoms with Crippen molar-refractivity contribution in [3.05, 3.63) is 113 Å². The van der Waals surface area contributed by atoms with Gasteiger partial charge in [-0.3, -0.25) is 4.79 Å². The maximum atomic E-state index is 13.4. The minimum Gasteiger partial charge on any atom is -0.480 e. The van der Waals surface area contributed by atoms with Crippen molar-refractivity contribution in [3.63, 3.8) is 0 Å². The highest BCUT2D eigenvalue weighted by Crippen LogP contribution is 2.33. The summed E-state index contributed by atoms with van der Waals surface area (Å²) >= 11 is 6.24. The number of carbonyl (C=O) groups excluding carboxylic acids is 1. The number of likely N-dealkylation sites (N-methyl/N-ethyl adjacent to an activating group) is 1. The number of halogens is 1. The van der Waals surface area contributed by atoms with Gasteiger partial charge in [0.15, 0.2) is 0 Å². The third-order valence-electron chi connectivity index (χ3n) is 7.21. The van der Waals surface area contributed by atoms with E-state index in [1.807, 2.05) is 84.9 Å². The van der Waals surface area contributed by atoms with Crippen molar-refractivity contribution in [2.75, 3.05) is 38.1 Å². The van der Waals surface area contributed by atoms with Crippen molar-refractivity contribution in [2.24, 2.45) is 0 Å². The zero-order valence-electron chi connectivity index (χ0n) is 22.8. The molecule has 0 saturated carbocycles. The molecule has 41 heavy (non-hydrogen) atoms. The minimum atomic E-state index is -1.11. The van der Waals surface area contributed by atoms with Crippen LogP contribution < -0.4 is 15.0 Å². The maximum Gasteiger partial charge on any atom is 0.326 e. The summed E-state index contributed by atoms with van der Waals surface area (Å²) in [7, 11) is 2.06. The van der Waals surface area contributed by atoms with Crippen LogP contribution in [0, 0.1) is 0 Å². The molecule has 7 nitrogen and oxygen atoms in total. The van der Waals surface area contributed by atoms with Gasteiger partial charge in [-0.25, -0.2) is 4.79 Å². The number of para-hydroxylation sites is 2. The Morgan fingerprint density at radius 3 is 2.29 bits per heavy atom. The van der Waals surface area contributed by atoms with Crippen molar-refractivity contribution < 1.29 is 19.4 Å². The summed E-state index contributed by atoms with van der Waals surface area (Å²) in [6.07, 6.45) is 0.133. The Bertz CT molecular complexity index is 1500. The van der Waals surface area contributed by atoms with Crippen LogP contribution in [0.15, 0.2) is 97.1 Å². The number of hydrogen-bond donors (Lipinski definition) is 2. The summed E-state index contributed by atoms with van der Waals surface area (Å²) in [5.41, 5.74) is 3.77. The first kappa shape index (κ1) is 28.2. The Balaban J connectivity index is 1.31. The number of benzene rings is 4. The molecule has 5 rings (SSSR count). The molecule has 0 aromatic heterocycles. The van der Waals surface area contributed by atoms with Crippen LogP contribution in [0.5, 0.6) is 11.5 Å². The number of aliphatic carboxylic acids is 1. The van der Waals surface area contributed by atoms with E-state index in [2.05, 4.69) is 22.2 Å². The Labute approximate surface area is 244 Å². The quantitative estimate of drug-likeness (QED) is 0.258. The van der Waals surface area contributed by atoms with Crippen LogP contribution >= 0.6 is 11.6 Å². The van der Waals surface area contributed by atoms with E-state index in [1.165, 1.54) is 0 Å². The molecule has 0 spiro atoms. The lowest BCUT2D eigenvalue weighted by Gasteiger charge is -2.35. The number of carbonyl (C=O) groups is 2. The molecule has 210 valence electrons. The maximum absolute atomic E-state index is 13.4. The highest BCUT2D eigenvalue weighted by Gasteiger charge is 2.25. The number of nitrogens with zero attached hydrogens (tertiary/aromatic N) is 2. The van der Waals surface area contributed by atoms with Gasteiger partial charge in [-0.05, 0) is 54.6 Å². The smallest absolute Gasteiger partial charge is 0.326 e. The lowest BCUT2D eigenvalue weighted by Crippen LogP contribution is -2.46. The van der Waals surface area contributed by atoms with Gasteiger partial charge in [0, 0.05) is 48.9 Å². The third-order valence-corrected chi connectivity index (χ3v) is 7.45. The topological polar surface area (TPSA) is 82.1 Å². The molecule has 8 heteroatoms. The number of nitrogens with one attached hydrogen (secondary N) is 1. The molecule has 1 fully saturated rings. The second-order valence-electron chi connectivity index (χ2n) is 10.1. The number of rotatable bonds is 9. The molecular formula is C33H32ClN3O4. The number of carboxylic acids is 1. The second-order valence-corrected chi connectivity index (χ2v) is 10.6. The summed E-state index contributed by atoms with van der Waals surface area (Å²) in [6, 6.07) is 29.1. The fourth-order valence-electron chi connectivity index (χ4n) is 4.92. The molecule has 1 aliphatic heterocycles.